The fourth-order valence-corrected chi connectivity index (χ4v) is 2.82. The minimum Gasteiger partial charge on any atom is -0.504 e. The lowest BCUT2D eigenvalue weighted by atomic mass is 10.2. The van der Waals surface area contributed by atoms with Crippen molar-refractivity contribution in [1.29, 1.82) is 0 Å². The van der Waals surface area contributed by atoms with Crippen molar-refractivity contribution in [2.45, 2.75) is 6.92 Å². The molecular weight excluding hydrogens is 381 g/mol. The lowest BCUT2D eigenvalue weighted by molar-refractivity contribution is -0.115. The topological polar surface area (TPSA) is 75.6 Å². The summed E-state index contributed by atoms with van der Waals surface area (Å²) in [7, 11) is 0. The molecule has 7 heteroatoms. The molecule has 19 heavy (non-hydrogen) atoms. The fourth-order valence-electron chi connectivity index (χ4n) is 1.52. The predicted octanol–water partition coefficient (Wildman–Crippen LogP) is 2.72. The molecule has 2 rings (SSSR count). The molecular formula is C12H10INO4S. The Kier molecular flexibility index (Phi) is 4.35. The first kappa shape index (κ1) is 14.2. The van der Waals surface area contributed by atoms with Gasteiger partial charge in [0, 0.05) is 0 Å². The van der Waals surface area contributed by atoms with Crippen LogP contribution in [-0.4, -0.2) is 22.9 Å². The predicted molar refractivity (Wildman–Crippen MR) is 81.1 cm³/mol. The van der Waals surface area contributed by atoms with Crippen LogP contribution in [0.25, 0.3) is 6.08 Å². The maximum Gasteiger partial charge on any atom is 0.290 e. The Morgan fingerprint density at radius 2 is 2.21 bits per heavy atom. The van der Waals surface area contributed by atoms with Crippen LogP contribution >= 0.6 is 34.4 Å². The maximum absolute atomic E-state index is 11.4. The molecule has 0 aromatic heterocycles. The van der Waals surface area contributed by atoms with Gasteiger partial charge in [-0.3, -0.25) is 14.9 Å². The minimum atomic E-state index is -0.406. The second kappa shape index (κ2) is 5.83. The van der Waals surface area contributed by atoms with Crippen molar-refractivity contribution in [3.8, 4) is 11.5 Å². The van der Waals surface area contributed by atoms with Crippen LogP contribution in [0.2, 0.25) is 0 Å². The van der Waals surface area contributed by atoms with Gasteiger partial charge in [-0.05, 0) is 65.0 Å². The van der Waals surface area contributed by atoms with Gasteiger partial charge in [-0.15, -0.1) is 0 Å². The van der Waals surface area contributed by atoms with E-state index in [0.717, 1.165) is 11.8 Å². The van der Waals surface area contributed by atoms with Crippen molar-refractivity contribution in [2.24, 2.45) is 0 Å². The van der Waals surface area contributed by atoms with E-state index >= 15 is 0 Å². The van der Waals surface area contributed by atoms with E-state index in [-0.39, 0.29) is 11.0 Å². The van der Waals surface area contributed by atoms with Crippen molar-refractivity contribution in [3.63, 3.8) is 0 Å². The molecule has 1 saturated heterocycles. The van der Waals surface area contributed by atoms with Crippen molar-refractivity contribution in [1.82, 2.24) is 5.32 Å². The monoisotopic (exact) mass is 391 g/mol. The number of aromatic hydroxyl groups is 1. The Bertz CT molecular complexity index is 585. The van der Waals surface area contributed by atoms with E-state index in [9.17, 15) is 14.7 Å². The van der Waals surface area contributed by atoms with Gasteiger partial charge >= 0.3 is 0 Å². The first-order valence-electron chi connectivity index (χ1n) is 5.41. The van der Waals surface area contributed by atoms with Crippen LogP contribution < -0.4 is 10.1 Å². The van der Waals surface area contributed by atoms with E-state index in [0.29, 0.717) is 26.4 Å². The molecule has 0 aliphatic carbocycles. The number of thioether (sulfide) groups is 1. The van der Waals surface area contributed by atoms with Crippen LogP contribution in [0.15, 0.2) is 17.0 Å². The zero-order valence-electron chi connectivity index (χ0n) is 9.90. The Hall–Kier alpha value is -1.22. The van der Waals surface area contributed by atoms with E-state index in [4.69, 9.17) is 4.74 Å². The first-order valence-corrected chi connectivity index (χ1v) is 7.31. The zero-order valence-corrected chi connectivity index (χ0v) is 12.9. The third kappa shape index (κ3) is 3.21. The van der Waals surface area contributed by atoms with Crippen LogP contribution in [0.4, 0.5) is 4.79 Å². The highest BCUT2D eigenvalue weighted by Gasteiger charge is 2.25. The second-order valence-corrected chi connectivity index (χ2v) is 5.81. The number of carbonyl (C=O) groups excluding carboxylic acids is 2. The Morgan fingerprint density at radius 3 is 2.79 bits per heavy atom. The standard InChI is InChI=1S/C12H10INO4S/c1-2-18-8-4-6(3-7(13)10(8)15)5-9-11(16)14-12(17)19-9/h3-5,15H,2H2,1H3,(H,14,16,17)/b9-5+. The average molecular weight is 391 g/mol. The smallest absolute Gasteiger partial charge is 0.290 e. The summed E-state index contributed by atoms with van der Waals surface area (Å²) < 4.78 is 5.93. The van der Waals surface area contributed by atoms with Crippen LogP contribution in [-0.2, 0) is 4.79 Å². The van der Waals surface area contributed by atoms with Gasteiger partial charge in [-0.25, -0.2) is 0 Å². The van der Waals surface area contributed by atoms with Gasteiger partial charge < -0.3 is 9.84 Å². The fraction of sp³-hybridized carbons (Fsp3) is 0.167. The number of carbonyl (C=O) groups is 2. The molecule has 1 aliphatic rings. The quantitative estimate of drug-likeness (QED) is 0.612. The molecule has 2 N–H and O–H groups in total. The number of nitrogens with one attached hydrogen (secondary N) is 1. The Balaban J connectivity index is 2.38. The van der Waals surface area contributed by atoms with E-state index in [1.165, 1.54) is 0 Å². The molecule has 2 amide bonds. The number of benzene rings is 1. The van der Waals surface area contributed by atoms with Crippen molar-refractivity contribution in [2.75, 3.05) is 6.61 Å². The number of amides is 2. The lowest BCUT2D eigenvalue weighted by Crippen LogP contribution is -2.17. The summed E-state index contributed by atoms with van der Waals surface area (Å²) in [5.74, 6) is 0.0243. The number of ether oxygens (including phenoxy) is 1. The van der Waals surface area contributed by atoms with Crippen LogP contribution in [0.3, 0.4) is 0 Å². The van der Waals surface area contributed by atoms with Crippen molar-refractivity contribution in [3.05, 3.63) is 26.2 Å². The van der Waals surface area contributed by atoms with E-state index in [1.54, 1.807) is 18.2 Å². The number of hydrogen-bond donors (Lipinski definition) is 2. The largest absolute Gasteiger partial charge is 0.504 e. The summed E-state index contributed by atoms with van der Waals surface area (Å²) in [4.78, 5) is 22.8. The van der Waals surface area contributed by atoms with Crippen molar-refractivity contribution >= 4 is 51.6 Å². The van der Waals surface area contributed by atoms with Gasteiger partial charge in [-0.2, -0.15) is 0 Å². The van der Waals surface area contributed by atoms with Gasteiger partial charge in [0.2, 0.25) is 0 Å². The van der Waals surface area contributed by atoms with Gasteiger partial charge in [0.15, 0.2) is 11.5 Å². The third-order valence-electron chi connectivity index (χ3n) is 2.29. The van der Waals surface area contributed by atoms with Crippen LogP contribution in [0.5, 0.6) is 11.5 Å². The number of phenolic OH excluding ortho intramolecular Hbond substituents is 1. The third-order valence-corrected chi connectivity index (χ3v) is 3.92. The second-order valence-electron chi connectivity index (χ2n) is 3.63. The Morgan fingerprint density at radius 1 is 1.47 bits per heavy atom. The highest BCUT2D eigenvalue weighted by molar-refractivity contribution is 14.1. The minimum absolute atomic E-state index is 0.0733. The van der Waals surface area contributed by atoms with Gasteiger partial charge in [0.05, 0.1) is 15.1 Å². The van der Waals surface area contributed by atoms with Crippen LogP contribution in [0, 0.1) is 3.57 Å². The number of hydrogen-bond acceptors (Lipinski definition) is 5. The summed E-state index contributed by atoms with van der Waals surface area (Å²) in [6.07, 6.45) is 1.59. The van der Waals surface area contributed by atoms with E-state index in [1.807, 2.05) is 29.5 Å². The number of rotatable bonds is 3. The van der Waals surface area contributed by atoms with Gasteiger partial charge in [0.1, 0.15) is 0 Å². The maximum atomic E-state index is 11.4. The molecule has 1 aliphatic heterocycles. The van der Waals surface area contributed by atoms with Crippen molar-refractivity contribution < 1.29 is 19.4 Å². The molecule has 0 radical (unpaired) electrons. The SMILES string of the molecule is CCOc1cc(/C=C2/SC(=O)NC2=O)cc(I)c1O. The number of halogens is 1. The molecule has 0 atom stereocenters. The van der Waals surface area contributed by atoms with Crippen LogP contribution in [0.1, 0.15) is 12.5 Å². The molecule has 0 saturated carbocycles. The molecule has 1 fully saturated rings. The molecule has 0 bridgehead atoms. The average Bonchev–Trinajstić information content (AvgIpc) is 2.64. The zero-order chi connectivity index (χ0) is 14.0. The molecule has 0 unspecified atom stereocenters. The molecule has 1 aromatic rings. The summed E-state index contributed by atoms with van der Waals surface area (Å²) >= 11 is 2.83. The summed E-state index contributed by atoms with van der Waals surface area (Å²) in [5, 5.41) is 11.6. The summed E-state index contributed by atoms with van der Waals surface area (Å²) in [6, 6.07) is 3.34. The number of imide groups is 1. The molecule has 0 spiro atoms. The summed E-state index contributed by atoms with van der Waals surface area (Å²) in [5.41, 5.74) is 0.693. The van der Waals surface area contributed by atoms with Gasteiger partial charge in [-0.1, -0.05) is 0 Å². The normalized spacial score (nSPS) is 16.8. The highest BCUT2D eigenvalue weighted by atomic mass is 127. The Labute approximate surface area is 127 Å². The van der Waals surface area contributed by atoms with E-state index < -0.39 is 5.91 Å². The molecule has 5 nitrogen and oxygen atoms in total. The summed E-state index contributed by atoms with van der Waals surface area (Å²) in [6.45, 7) is 2.24. The first-order chi connectivity index (χ1) is 9.01. The van der Waals surface area contributed by atoms with E-state index in [2.05, 4.69) is 5.32 Å². The van der Waals surface area contributed by atoms with Gasteiger partial charge in [0.25, 0.3) is 11.1 Å². The number of phenols is 1. The highest BCUT2D eigenvalue weighted by Crippen LogP contribution is 2.34. The molecule has 100 valence electrons. The lowest BCUT2D eigenvalue weighted by Gasteiger charge is -2.08. The molecule has 1 heterocycles. The molecule has 1 aromatic carbocycles.